The molecule has 3 rings (SSSR count). The molecular formula is C16H22N2O3. The van der Waals surface area contributed by atoms with E-state index in [1.165, 1.54) is 31.7 Å². The Balaban J connectivity index is 1.90. The highest BCUT2D eigenvalue weighted by atomic mass is 16.6. The molecule has 2 aliphatic rings. The lowest BCUT2D eigenvalue weighted by molar-refractivity contribution is -0.384. The number of nitro groups is 1. The molecule has 5 heteroatoms. The van der Waals surface area contributed by atoms with Crippen LogP contribution in [0.4, 0.5) is 11.4 Å². The lowest BCUT2D eigenvalue weighted by atomic mass is 10.1. The molecule has 114 valence electrons. The highest BCUT2D eigenvalue weighted by molar-refractivity contribution is 5.64. The van der Waals surface area contributed by atoms with E-state index in [1.54, 1.807) is 13.0 Å². The summed E-state index contributed by atoms with van der Waals surface area (Å²) in [6.07, 6.45) is 4.26. The normalized spacial score (nSPS) is 19.3. The van der Waals surface area contributed by atoms with E-state index in [2.05, 4.69) is 4.90 Å². The Labute approximate surface area is 124 Å². The van der Waals surface area contributed by atoms with Crippen molar-refractivity contribution in [3.05, 3.63) is 33.9 Å². The lowest BCUT2D eigenvalue weighted by Gasteiger charge is -2.25. The third-order valence-electron chi connectivity index (χ3n) is 4.37. The van der Waals surface area contributed by atoms with Crippen LogP contribution in [-0.4, -0.2) is 23.1 Å². The Kier molecular flexibility index (Phi) is 3.85. The molecule has 5 nitrogen and oxygen atoms in total. The van der Waals surface area contributed by atoms with E-state index in [9.17, 15) is 15.2 Å². The number of rotatable bonds is 7. The summed E-state index contributed by atoms with van der Waals surface area (Å²) in [6.45, 7) is 3.47. The maximum atomic E-state index is 11.4. The van der Waals surface area contributed by atoms with Gasteiger partial charge in [0.1, 0.15) is 5.69 Å². The number of aliphatic hydroxyl groups is 1. The van der Waals surface area contributed by atoms with Crippen molar-refractivity contribution in [3.8, 4) is 0 Å². The largest absolute Gasteiger partial charge is 0.389 e. The van der Waals surface area contributed by atoms with Crippen LogP contribution in [0.2, 0.25) is 0 Å². The molecule has 1 atom stereocenters. The van der Waals surface area contributed by atoms with Gasteiger partial charge in [-0.25, -0.2) is 0 Å². The Morgan fingerprint density at radius 1 is 1.29 bits per heavy atom. The van der Waals surface area contributed by atoms with E-state index in [0.29, 0.717) is 23.1 Å². The van der Waals surface area contributed by atoms with E-state index in [0.717, 1.165) is 13.1 Å². The molecule has 0 amide bonds. The maximum absolute atomic E-state index is 11.4. The quantitative estimate of drug-likeness (QED) is 0.618. The Hall–Kier alpha value is -1.62. The van der Waals surface area contributed by atoms with E-state index >= 15 is 0 Å². The van der Waals surface area contributed by atoms with Crippen molar-refractivity contribution in [2.45, 2.75) is 38.7 Å². The van der Waals surface area contributed by atoms with Crippen LogP contribution in [0.15, 0.2) is 18.2 Å². The molecule has 0 heterocycles. The molecule has 1 aromatic carbocycles. The summed E-state index contributed by atoms with van der Waals surface area (Å²) in [7, 11) is 0. The summed E-state index contributed by atoms with van der Waals surface area (Å²) >= 11 is 0. The first-order chi connectivity index (χ1) is 10.0. The first kappa shape index (κ1) is 14.3. The summed E-state index contributed by atoms with van der Waals surface area (Å²) in [5, 5.41) is 21.0. The molecule has 0 bridgehead atoms. The van der Waals surface area contributed by atoms with Crippen LogP contribution in [0.25, 0.3) is 0 Å². The third-order valence-corrected chi connectivity index (χ3v) is 4.37. The zero-order valence-corrected chi connectivity index (χ0v) is 12.4. The zero-order valence-electron chi connectivity index (χ0n) is 12.4. The molecule has 2 saturated carbocycles. The minimum atomic E-state index is -0.682. The van der Waals surface area contributed by atoms with Gasteiger partial charge in [0.15, 0.2) is 0 Å². The second-order valence-corrected chi connectivity index (χ2v) is 6.47. The van der Waals surface area contributed by atoms with Crippen molar-refractivity contribution in [2.75, 3.05) is 18.0 Å². The fourth-order valence-electron chi connectivity index (χ4n) is 2.71. The Bertz CT molecular complexity index is 522. The minimum absolute atomic E-state index is 0.120. The van der Waals surface area contributed by atoms with E-state index in [-0.39, 0.29) is 10.6 Å². The van der Waals surface area contributed by atoms with Gasteiger partial charge in [-0.2, -0.15) is 0 Å². The van der Waals surface area contributed by atoms with Gasteiger partial charge < -0.3 is 10.0 Å². The minimum Gasteiger partial charge on any atom is -0.389 e. The summed E-state index contributed by atoms with van der Waals surface area (Å²) < 4.78 is 0. The Morgan fingerprint density at radius 3 is 2.29 bits per heavy atom. The molecule has 0 radical (unpaired) electrons. The number of nitrogens with zero attached hydrogens (tertiary/aromatic N) is 2. The maximum Gasteiger partial charge on any atom is 0.292 e. The topological polar surface area (TPSA) is 66.6 Å². The number of benzene rings is 1. The SMILES string of the molecule is C[C@@H](O)c1ccc(N(CC2CC2)CC2CC2)c([N+](=O)[O-])c1. The van der Waals surface area contributed by atoms with Gasteiger partial charge in [-0.3, -0.25) is 10.1 Å². The van der Waals surface area contributed by atoms with Crippen LogP contribution < -0.4 is 4.90 Å². The molecule has 1 aromatic rings. The first-order valence-electron chi connectivity index (χ1n) is 7.76. The van der Waals surface area contributed by atoms with E-state index in [4.69, 9.17) is 0 Å². The predicted molar refractivity (Wildman–Crippen MR) is 81.4 cm³/mol. The highest BCUT2D eigenvalue weighted by Crippen LogP contribution is 2.39. The fourth-order valence-corrected chi connectivity index (χ4v) is 2.71. The zero-order chi connectivity index (χ0) is 15.0. The predicted octanol–water partition coefficient (Wildman–Crippen LogP) is 3.27. The van der Waals surface area contributed by atoms with Crippen molar-refractivity contribution in [1.29, 1.82) is 0 Å². The van der Waals surface area contributed by atoms with Crippen molar-refractivity contribution < 1.29 is 10.0 Å². The van der Waals surface area contributed by atoms with Gasteiger partial charge in [0.25, 0.3) is 5.69 Å². The highest BCUT2D eigenvalue weighted by Gasteiger charge is 2.32. The average molecular weight is 290 g/mol. The van der Waals surface area contributed by atoms with Crippen molar-refractivity contribution in [1.82, 2.24) is 0 Å². The fraction of sp³-hybridized carbons (Fsp3) is 0.625. The number of nitro benzene ring substituents is 1. The van der Waals surface area contributed by atoms with Crippen LogP contribution in [-0.2, 0) is 0 Å². The van der Waals surface area contributed by atoms with Gasteiger partial charge in [0.2, 0.25) is 0 Å². The monoisotopic (exact) mass is 290 g/mol. The number of anilines is 1. The summed E-state index contributed by atoms with van der Waals surface area (Å²) in [6, 6.07) is 5.14. The van der Waals surface area contributed by atoms with Crippen LogP contribution in [0.5, 0.6) is 0 Å². The van der Waals surface area contributed by atoms with Crippen molar-refractivity contribution in [2.24, 2.45) is 11.8 Å². The second-order valence-electron chi connectivity index (χ2n) is 6.47. The summed E-state index contributed by atoms with van der Waals surface area (Å²) in [5.74, 6) is 1.39. The molecule has 0 saturated heterocycles. The van der Waals surface area contributed by atoms with Gasteiger partial charge >= 0.3 is 0 Å². The van der Waals surface area contributed by atoms with Gasteiger partial charge in [-0.05, 0) is 56.1 Å². The van der Waals surface area contributed by atoms with Gasteiger partial charge in [0.05, 0.1) is 11.0 Å². The Morgan fingerprint density at radius 2 is 1.86 bits per heavy atom. The van der Waals surface area contributed by atoms with E-state index < -0.39 is 6.10 Å². The lowest BCUT2D eigenvalue weighted by Crippen LogP contribution is -2.28. The summed E-state index contributed by atoms with van der Waals surface area (Å²) in [5.41, 5.74) is 1.43. The van der Waals surface area contributed by atoms with Gasteiger partial charge in [-0.1, -0.05) is 6.07 Å². The van der Waals surface area contributed by atoms with Crippen LogP contribution in [0, 0.1) is 22.0 Å². The molecule has 21 heavy (non-hydrogen) atoms. The molecule has 0 unspecified atom stereocenters. The van der Waals surface area contributed by atoms with E-state index in [1.807, 2.05) is 6.07 Å². The molecule has 0 spiro atoms. The van der Waals surface area contributed by atoms with Crippen LogP contribution in [0.3, 0.4) is 0 Å². The summed E-state index contributed by atoms with van der Waals surface area (Å²) in [4.78, 5) is 13.3. The smallest absolute Gasteiger partial charge is 0.292 e. The standard InChI is InChI=1S/C16H22N2O3/c1-11(19)14-6-7-15(16(8-14)18(20)21)17(9-12-2-3-12)10-13-4-5-13/h6-8,11-13,19H,2-5,9-10H2,1H3/t11-/m1/s1. The van der Waals surface area contributed by atoms with Crippen LogP contribution in [0.1, 0.15) is 44.3 Å². The molecule has 1 N–H and O–H groups in total. The molecule has 2 aliphatic carbocycles. The molecule has 0 aliphatic heterocycles. The third kappa shape index (κ3) is 3.53. The number of hydrogen-bond donors (Lipinski definition) is 1. The second kappa shape index (κ2) is 5.64. The molecule has 0 aromatic heterocycles. The van der Waals surface area contributed by atoms with Crippen molar-refractivity contribution >= 4 is 11.4 Å². The number of aliphatic hydroxyl groups excluding tert-OH is 1. The van der Waals surface area contributed by atoms with Crippen LogP contribution >= 0.6 is 0 Å². The first-order valence-corrected chi connectivity index (χ1v) is 7.76. The van der Waals surface area contributed by atoms with Crippen molar-refractivity contribution in [3.63, 3.8) is 0 Å². The average Bonchev–Trinajstić information content (AvgIpc) is 3.32. The van der Waals surface area contributed by atoms with Gasteiger partial charge in [0, 0.05) is 19.2 Å². The van der Waals surface area contributed by atoms with Gasteiger partial charge in [-0.15, -0.1) is 0 Å². The number of hydrogen-bond acceptors (Lipinski definition) is 4. The molecular weight excluding hydrogens is 268 g/mol. The molecule has 2 fully saturated rings.